The molecule has 1 nitrogen and oxygen atoms in total. The second kappa shape index (κ2) is 3.78. The summed E-state index contributed by atoms with van der Waals surface area (Å²) in [5.74, 6) is -0.482. The fourth-order valence-electron chi connectivity index (χ4n) is 0.834. The number of aliphatic hydroxyl groups is 1. The number of alkyl halides is 3. The maximum atomic E-state index is 12.8. The van der Waals surface area contributed by atoms with E-state index >= 15 is 0 Å². The molecule has 0 radical (unpaired) electrons. The summed E-state index contributed by atoms with van der Waals surface area (Å²) in [5, 5.41) is 9.19. The Balaban J connectivity index is 2.90. The SMILES string of the molecule is O[C@H](c1ccc(F)cc1)C(F)(Cl)Cl. The number of halogens is 4. The monoisotopic (exact) mass is 226 g/mol. The van der Waals surface area contributed by atoms with Crippen LogP contribution in [-0.4, -0.2) is 9.69 Å². The molecule has 0 aliphatic carbocycles. The molecule has 1 rings (SSSR count). The third-order valence-electron chi connectivity index (χ3n) is 1.50. The fourth-order valence-corrected chi connectivity index (χ4v) is 1.09. The zero-order chi connectivity index (χ0) is 10.1. The number of hydrogen-bond acceptors (Lipinski definition) is 1. The topological polar surface area (TPSA) is 20.2 Å². The minimum absolute atomic E-state index is 0.119. The van der Waals surface area contributed by atoms with Crippen molar-refractivity contribution in [2.45, 2.75) is 10.7 Å². The Bertz CT molecular complexity index is 281. The van der Waals surface area contributed by atoms with Gasteiger partial charge in [-0.1, -0.05) is 35.3 Å². The molecule has 0 heterocycles. The summed E-state index contributed by atoms with van der Waals surface area (Å²) in [6.07, 6.45) is -1.68. The Labute approximate surface area is 83.9 Å². The summed E-state index contributed by atoms with van der Waals surface area (Å²) in [7, 11) is 0. The van der Waals surface area contributed by atoms with E-state index in [-0.39, 0.29) is 5.56 Å². The number of benzene rings is 1. The lowest BCUT2D eigenvalue weighted by Gasteiger charge is -2.17. The molecule has 0 fully saturated rings. The molecule has 1 atom stereocenters. The number of rotatable bonds is 2. The maximum absolute atomic E-state index is 12.8. The van der Waals surface area contributed by atoms with Gasteiger partial charge in [0.1, 0.15) is 11.9 Å². The van der Waals surface area contributed by atoms with Crippen molar-refractivity contribution in [2.24, 2.45) is 0 Å². The molecule has 0 aromatic heterocycles. The van der Waals surface area contributed by atoms with Gasteiger partial charge >= 0.3 is 0 Å². The van der Waals surface area contributed by atoms with Crippen LogP contribution in [0.2, 0.25) is 0 Å². The Morgan fingerprint density at radius 1 is 1.23 bits per heavy atom. The molecule has 0 aliphatic heterocycles. The van der Waals surface area contributed by atoms with E-state index in [1.54, 1.807) is 0 Å². The van der Waals surface area contributed by atoms with Gasteiger partial charge in [0.05, 0.1) is 0 Å². The first-order chi connectivity index (χ1) is 5.91. The van der Waals surface area contributed by atoms with Gasteiger partial charge in [-0.2, -0.15) is 0 Å². The molecule has 0 amide bonds. The standard InChI is InChI=1S/C8H6Cl2F2O/c9-8(10,12)7(13)5-1-3-6(11)4-2-5/h1-4,7,13H/t7-/m1/s1. The molecule has 13 heavy (non-hydrogen) atoms. The summed E-state index contributed by atoms with van der Waals surface area (Å²) in [4.78, 5) is 0. The molecule has 0 bridgehead atoms. The minimum atomic E-state index is -2.77. The van der Waals surface area contributed by atoms with Gasteiger partial charge in [-0.25, -0.2) is 8.78 Å². The van der Waals surface area contributed by atoms with E-state index in [1.807, 2.05) is 0 Å². The first kappa shape index (κ1) is 10.7. The van der Waals surface area contributed by atoms with Crippen molar-refractivity contribution in [3.8, 4) is 0 Å². The number of aliphatic hydroxyl groups excluding tert-OH is 1. The molecule has 1 aromatic rings. The van der Waals surface area contributed by atoms with Gasteiger partial charge in [0.2, 0.25) is 0 Å². The van der Waals surface area contributed by atoms with Crippen LogP contribution in [0.4, 0.5) is 8.78 Å². The molecule has 0 aliphatic rings. The smallest absolute Gasteiger partial charge is 0.287 e. The van der Waals surface area contributed by atoms with Crippen LogP contribution in [0.25, 0.3) is 0 Å². The largest absolute Gasteiger partial charge is 0.382 e. The lowest BCUT2D eigenvalue weighted by Crippen LogP contribution is -2.17. The van der Waals surface area contributed by atoms with Crippen LogP contribution in [0.3, 0.4) is 0 Å². The minimum Gasteiger partial charge on any atom is -0.382 e. The van der Waals surface area contributed by atoms with Gasteiger partial charge < -0.3 is 5.11 Å². The van der Waals surface area contributed by atoms with Crippen LogP contribution in [0.15, 0.2) is 24.3 Å². The highest BCUT2D eigenvalue weighted by atomic mass is 35.5. The van der Waals surface area contributed by atoms with Crippen molar-refractivity contribution in [2.75, 3.05) is 0 Å². The summed E-state index contributed by atoms with van der Waals surface area (Å²) >= 11 is 10.0. The van der Waals surface area contributed by atoms with Crippen LogP contribution in [0, 0.1) is 5.82 Å². The fraction of sp³-hybridized carbons (Fsp3) is 0.250. The summed E-state index contributed by atoms with van der Waals surface area (Å²) in [6.45, 7) is 0. The van der Waals surface area contributed by atoms with Crippen molar-refractivity contribution >= 4 is 23.2 Å². The van der Waals surface area contributed by atoms with Crippen LogP contribution in [-0.2, 0) is 0 Å². The van der Waals surface area contributed by atoms with Crippen molar-refractivity contribution in [3.05, 3.63) is 35.6 Å². The molecule has 0 saturated carbocycles. The van der Waals surface area contributed by atoms with Crippen LogP contribution in [0.5, 0.6) is 0 Å². The van der Waals surface area contributed by atoms with Crippen molar-refractivity contribution in [1.29, 1.82) is 0 Å². The molecule has 0 saturated heterocycles. The van der Waals surface area contributed by atoms with E-state index in [0.29, 0.717) is 0 Å². The molecule has 0 unspecified atom stereocenters. The Morgan fingerprint density at radius 3 is 2.08 bits per heavy atom. The highest BCUT2D eigenvalue weighted by molar-refractivity contribution is 6.47. The molecular formula is C8H6Cl2F2O. The Hall–Kier alpha value is -0.380. The predicted octanol–water partition coefficient (Wildman–Crippen LogP) is 2.96. The molecule has 0 spiro atoms. The van der Waals surface area contributed by atoms with Gasteiger partial charge in [-0.3, -0.25) is 0 Å². The summed E-state index contributed by atoms with van der Waals surface area (Å²) < 4.78 is 22.4. The predicted molar refractivity (Wildman–Crippen MR) is 46.9 cm³/mol. The first-order valence-corrected chi connectivity index (χ1v) is 4.17. The third kappa shape index (κ3) is 2.79. The molecule has 1 N–H and O–H groups in total. The van der Waals surface area contributed by atoms with Crippen molar-refractivity contribution < 1.29 is 13.9 Å². The third-order valence-corrected chi connectivity index (χ3v) is 1.91. The van der Waals surface area contributed by atoms with Gasteiger partial charge in [0.25, 0.3) is 4.59 Å². The van der Waals surface area contributed by atoms with Crippen molar-refractivity contribution in [1.82, 2.24) is 0 Å². The average molecular weight is 227 g/mol. The molecule has 72 valence electrons. The van der Waals surface area contributed by atoms with E-state index in [0.717, 1.165) is 12.1 Å². The van der Waals surface area contributed by atoms with Gasteiger partial charge in [-0.05, 0) is 17.7 Å². The zero-order valence-corrected chi connectivity index (χ0v) is 7.86. The van der Waals surface area contributed by atoms with E-state index < -0.39 is 16.5 Å². The maximum Gasteiger partial charge on any atom is 0.287 e. The van der Waals surface area contributed by atoms with E-state index in [4.69, 9.17) is 23.2 Å². The highest BCUT2D eigenvalue weighted by Gasteiger charge is 2.34. The second-order valence-corrected chi connectivity index (χ2v) is 3.79. The Morgan fingerprint density at radius 2 is 1.69 bits per heavy atom. The van der Waals surface area contributed by atoms with Gasteiger partial charge in [0, 0.05) is 0 Å². The second-order valence-electron chi connectivity index (χ2n) is 2.50. The van der Waals surface area contributed by atoms with Crippen LogP contribution < -0.4 is 0 Å². The quantitative estimate of drug-likeness (QED) is 0.770. The van der Waals surface area contributed by atoms with Crippen LogP contribution >= 0.6 is 23.2 Å². The zero-order valence-electron chi connectivity index (χ0n) is 6.35. The molecular weight excluding hydrogens is 221 g/mol. The highest BCUT2D eigenvalue weighted by Crippen LogP contribution is 2.36. The summed E-state index contributed by atoms with van der Waals surface area (Å²) in [6, 6.07) is 4.58. The van der Waals surface area contributed by atoms with E-state index in [2.05, 4.69) is 0 Å². The Kier molecular flexibility index (Phi) is 3.11. The van der Waals surface area contributed by atoms with E-state index in [1.165, 1.54) is 12.1 Å². The lowest BCUT2D eigenvalue weighted by atomic mass is 10.1. The van der Waals surface area contributed by atoms with Gasteiger partial charge in [-0.15, -0.1) is 0 Å². The average Bonchev–Trinajstić information content (AvgIpc) is 2.03. The summed E-state index contributed by atoms with van der Waals surface area (Å²) in [5.41, 5.74) is 0.119. The van der Waals surface area contributed by atoms with Crippen molar-refractivity contribution in [3.63, 3.8) is 0 Å². The van der Waals surface area contributed by atoms with Crippen LogP contribution in [0.1, 0.15) is 11.7 Å². The van der Waals surface area contributed by atoms with E-state index in [9.17, 15) is 13.9 Å². The number of hydrogen-bond donors (Lipinski definition) is 1. The lowest BCUT2D eigenvalue weighted by molar-refractivity contribution is 0.0979. The molecule has 1 aromatic carbocycles. The normalized spacial score (nSPS) is 14.2. The molecule has 5 heteroatoms. The van der Waals surface area contributed by atoms with Gasteiger partial charge in [0.15, 0.2) is 0 Å². The first-order valence-electron chi connectivity index (χ1n) is 3.41.